The molecule has 0 atom stereocenters. The molecule has 3 heterocycles. The number of aromatic nitrogens is 1. The zero-order chi connectivity index (χ0) is 15.3. The summed E-state index contributed by atoms with van der Waals surface area (Å²) in [6, 6.07) is 3.90. The summed E-state index contributed by atoms with van der Waals surface area (Å²) in [5, 5.41) is 1.04. The second-order valence-electron chi connectivity index (χ2n) is 5.53. The van der Waals surface area contributed by atoms with Crippen molar-refractivity contribution in [1.82, 2.24) is 9.88 Å². The lowest BCUT2D eigenvalue weighted by molar-refractivity contribution is 0.118. The van der Waals surface area contributed by atoms with Crippen molar-refractivity contribution >= 4 is 17.0 Å². The lowest BCUT2D eigenvalue weighted by atomic mass is 9.97. The largest absolute Gasteiger partial charge is 0.454 e. The first-order valence-corrected chi connectivity index (χ1v) is 7.22. The first kappa shape index (κ1) is 13.2. The molecule has 0 radical (unpaired) electrons. The lowest BCUT2D eigenvalue weighted by Gasteiger charge is -2.28. The second-order valence-corrected chi connectivity index (χ2v) is 5.53. The van der Waals surface area contributed by atoms with Crippen LogP contribution in [0.3, 0.4) is 0 Å². The van der Waals surface area contributed by atoms with Gasteiger partial charge in [0.25, 0.3) is 0 Å². The van der Waals surface area contributed by atoms with Crippen LogP contribution in [0, 0.1) is 6.92 Å². The van der Waals surface area contributed by atoms with Gasteiger partial charge < -0.3 is 19.1 Å². The molecule has 2 aliphatic heterocycles. The predicted molar refractivity (Wildman–Crippen MR) is 79.1 cm³/mol. The normalized spacial score (nSPS) is 15.8. The van der Waals surface area contributed by atoms with E-state index in [1.165, 1.54) is 7.11 Å². The highest BCUT2D eigenvalue weighted by atomic mass is 16.7. The number of ether oxygens (including phenoxy) is 3. The van der Waals surface area contributed by atoms with E-state index in [4.69, 9.17) is 19.2 Å². The number of benzene rings is 1. The Morgan fingerprint density at radius 3 is 2.86 bits per heavy atom. The number of methoxy groups -OCH3 is 1. The number of pyridine rings is 1. The summed E-state index contributed by atoms with van der Waals surface area (Å²) in [5.74, 6) is 1.49. The molecule has 2 aliphatic rings. The Morgan fingerprint density at radius 1 is 1.32 bits per heavy atom. The highest BCUT2D eigenvalue weighted by Gasteiger charge is 2.25. The number of rotatable bonds is 0. The van der Waals surface area contributed by atoms with E-state index in [1.807, 2.05) is 12.1 Å². The minimum atomic E-state index is -0.296. The van der Waals surface area contributed by atoms with E-state index in [0.29, 0.717) is 13.1 Å². The van der Waals surface area contributed by atoms with Crippen LogP contribution in [0.25, 0.3) is 10.9 Å². The average Bonchev–Trinajstić information content (AvgIpc) is 3.00. The molecule has 6 heteroatoms. The number of nitrogens with zero attached hydrogens (tertiary/aromatic N) is 2. The number of carbonyl (C=O) groups excluding carboxylic acids is 1. The van der Waals surface area contributed by atoms with E-state index in [9.17, 15) is 4.79 Å². The number of hydrogen-bond donors (Lipinski definition) is 0. The summed E-state index contributed by atoms with van der Waals surface area (Å²) in [4.78, 5) is 18.2. The van der Waals surface area contributed by atoms with Crippen LogP contribution in [0.2, 0.25) is 0 Å². The SMILES string of the molecule is COC(=O)N1CCc2nc3cc4c(cc3c(C)c2C1)OCO4. The van der Waals surface area contributed by atoms with E-state index in [-0.39, 0.29) is 12.9 Å². The molecule has 22 heavy (non-hydrogen) atoms. The number of fused-ring (bicyclic) bond motifs is 3. The van der Waals surface area contributed by atoms with Gasteiger partial charge in [0.1, 0.15) is 0 Å². The van der Waals surface area contributed by atoms with Gasteiger partial charge in [-0.2, -0.15) is 0 Å². The zero-order valence-corrected chi connectivity index (χ0v) is 12.5. The molecule has 0 spiro atoms. The van der Waals surface area contributed by atoms with Crippen molar-refractivity contribution < 1.29 is 19.0 Å². The first-order chi connectivity index (χ1) is 10.7. The van der Waals surface area contributed by atoms with Gasteiger partial charge in [-0.05, 0) is 24.1 Å². The molecule has 4 rings (SSSR count). The molecule has 0 unspecified atom stereocenters. The molecule has 0 aliphatic carbocycles. The second kappa shape index (κ2) is 4.76. The van der Waals surface area contributed by atoms with Crippen LogP contribution in [-0.4, -0.2) is 36.4 Å². The fraction of sp³-hybridized carbons (Fsp3) is 0.375. The monoisotopic (exact) mass is 300 g/mol. The maximum atomic E-state index is 11.8. The van der Waals surface area contributed by atoms with Gasteiger partial charge in [0.15, 0.2) is 11.5 Å². The van der Waals surface area contributed by atoms with E-state index < -0.39 is 0 Å². The third-order valence-corrected chi connectivity index (χ3v) is 4.35. The Labute approximate surface area is 127 Å². The van der Waals surface area contributed by atoms with Crippen molar-refractivity contribution in [2.75, 3.05) is 20.4 Å². The summed E-state index contributed by atoms with van der Waals surface area (Å²) in [6.07, 6.45) is 0.436. The molecule has 1 aromatic heterocycles. The summed E-state index contributed by atoms with van der Waals surface area (Å²) >= 11 is 0. The van der Waals surface area contributed by atoms with Crippen LogP contribution in [0.1, 0.15) is 16.8 Å². The fourth-order valence-electron chi connectivity index (χ4n) is 3.13. The molecule has 0 N–H and O–H groups in total. The molecule has 1 aromatic carbocycles. The number of aryl methyl sites for hydroxylation is 1. The quantitative estimate of drug-likeness (QED) is 0.747. The van der Waals surface area contributed by atoms with Crippen molar-refractivity contribution in [3.8, 4) is 11.5 Å². The van der Waals surface area contributed by atoms with Gasteiger partial charge >= 0.3 is 6.09 Å². The van der Waals surface area contributed by atoms with Crippen LogP contribution < -0.4 is 9.47 Å². The Balaban J connectivity index is 1.84. The molecular formula is C16H16N2O4. The van der Waals surface area contributed by atoms with Gasteiger partial charge in [0.2, 0.25) is 6.79 Å². The third-order valence-electron chi connectivity index (χ3n) is 4.35. The van der Waals surface area contributed by atoms with Gasteiger partial charge in [0, 0.05) is 30.1 Å². The van der Waals surface area contributed by atoms with Gasteiger partial charge in [-0.15, -0.1) is 0 Å². The van der Waals surface area contributed by atoms with Crippen LogP contribution in [0.4, 0.5) is 4.79 Å². The highest BCUT2D eigenvalue weighted by molar-refractivity contribution is 5.87. The van der Waals surface area contributed by atoms with Crippen molar-refractivity contribution in [3.05, 3.63) is 29.0 Å². The Morgan fingerprint density at radius 2 is 2.09 bits per heavy atom. The third kappa shape index (κ3) is 1.87. The number of hydrogen-bond acceptors (Lipinski definition) is 5. The summed E-state index contributed by atoms with van der Waals surface area (Å²) in [7, 11) is 1.41. The molecule has 0 saturated carbocycles. The number of carbonyl (C=O) groups is 1. The molecule has 6 nitrogen and oxygen atoms in total. The van der Waals surface area contributed by atoms with Gasteiger partial charge in [0.05, 0.1) is 19.2 Å². The van der Waals surface area contributed by atoms with Crippen molar-refractivity contribution in [3.63, 3.8) is 0 Å². The van der Waals surface area contributed by atoms with E-state index >= 15 is 0 Å². The van der Waals surface area contributed by atoms with E-state index in [2.05, 4.69) is 6.92 Å². The standard InChI is InChI=1S/C16H16N2O4/c1-9-10-5-14-15(22-8-21-14)6-13(10)17-12-3-4-18(7-11(9)12)16(19)20-2/h5-6H,3-4,7-8H2,1-2H3. The van der Waals surface area contributed by atoms with Crippen LogP contribution in [0.15, 0.2) is 12.1 Å². The maximum absolute atomic E-state index is 11.8. The Hall–Kier alpha value is -2.50. The first-order valence-electron chi connectivity index (χ1n) is 7.22. The van der Waals surface area contributed by atoms with E-state index in [0.717, 1.165) is 45.6 Å². The Kier molecular flexibility index (Phi) is 2.85. The molecule has 2 aromatic rings. The van der Waals surface area contributed by atoms with Crippen LogP contribution in [0.5, 0.6) is 11.5 Å². The minimum Gasteiger partial charge on any atom is -0.454 e. The van der Waals surface area contributed by atoms with Crippen LogP contribution >= 0.6 is 0 Å². The van der Waals surface area contributed by atoms with Crippen molar-refractivity contribution in [2.24, 2.45) is 0 Å². The van der Waals surface area contributed by atoms with Crippen LogP contribution in [-0.2, 0) is 17.7 Å². The minimum absolute atomic E-state index is 0.251. The predicted octanol–water partition coefficient (Wildman–Crippen LogP) is 2.40. The molecule has 0 saturated heterocycles. The lowest BCUT2D eigenvalue weighted by Crippen LogP contribution is -2.36. The molecule has 0 fully saturated rings. The van der Waals surface area contributed by atoms with Gasteiger partial charge in [-0.3, -0.25) is 4.98 Å². The van der Waals surface area contributed by atoms with Gasteiger partial charge in [-0.1, -0.05) is 0 Å². The summed E-state index contributed by atoms with van der Waals surface area (Å²) in [6.45, 7) is 3.47. The molecule has 1 amide bonds. The summed E-state index contributed by atoms with van der Waals surface area (Å²) in [5.41, 5.74) is 4.19. The molecular weight excluding hydrogens is 284 g/mol. The van der Waals surface area contributed by atoms with Gasteiger partial charge in [-0.25, -0.2) is 4.79 Å². The molecule has 114 valence electrons. The highest BCUT2D eigenvalue weighted by Crippen LogP contribution is 2.38. The van der Waals surface area contributed by atoms with Crippen molar-refractivity contribution in [1.29, 1.82) is 0 Å². The number of amides is 1. The average molecular weight is 300 g/mol. The zero-order valence-electron chi connectivity index (χ0n) is 12.5. The fourth-order valence-corrected chi connectivity index (χ4v) is 3.13. The topological polar surface area (TPSA) is 60.9 Å². The summed E-state index contributed by atoms with van der Waals surface area (Å²) < 4.78 is 15.7. The smallest absolute Gasteiger partial charge is 0.409 e. The van der Waals surface area contributed by atoms with E-state index in [1.54, 1.807) is 4.90 Å². The Bertz CT molecular complexity index is 788. The molecule has 0 bridgehead atoms. The maximum Gasteiger partial charge on any atom is 0.409 e. The van der Waals surface area contributed by atoms with Crippen molar-refractivity contribution in [2.45, 2.75) is 19.9 Å².